The summed E-state index contributed by atoms with van der Waals surface area (Å²) < 4.78 is 5.15. The monoisotopic (exact) mass is 263 g/mol. The van der Waals surface area contributed by atoms with Gasteiger partial charge in [-0.25, -0.2) is 4.98 Å². The van der Waals surface area contributed by atoms with Crippen LogP contribution in [-0.2, 0) is 6.54 Å². The molecule has 1 saturated carbocycles. The number of ether oxygens (including phenoxy) is 1. The molecule has 0 bridgehead atoms. The van der Waals surface area contributed by atoms with Crippen LogP contribution >= 0.6 is 0 Å². The fourth-order valence-corrected chi connectivity index (χ4v) is 2.91. The van der Waals surface area contributed by atoms with E-state index < -0.39 is 0 Å². The van der Waals surface area contributed by atoms with Crippen LogP contribution < -0.4 is 10.1 Å². The van der Waals surface area contributed by atoms with Gasteiger partial charge in [-0.2, -0.15) is 0 Å². The zero-order valence-corrected chi connectivity index (χ0v) is 12.3. The number of nitrogens with zero attached hydrogens (tertiary/aromatic N) is 2. The number of hydrogen-bond acceptors (Lipinski definition) is 4. The second-order valence-corrected chi connectivity index (χ2v) is 5.60. The number of hydrogen-bond donors (Lipinski definition) is 1. The van der Waals surface area contributed by atoms with Gasteiger partial charge in [0.15, 0.2) is 0 Å². The summed E-state index contributed by atoms with van der Waals surface area (Å²) in [7, 11) is 6.03. The van der Waals surface area contributed by atoms with Crippen molar-refractivity contribution in [1.82, 2.24) is 15.2 Å². The molecule has 0 saturated heterocycles. The van der Waals surface area contributed by atoms with E-state index in [-0.39, 0.29) is 0 Å². The quantitative estimate of drug-likeness (QED) is 0.852. The fourth-order valence-electron chi connectivity index (χ4n) is 2.91. The molecule has 0 aliphatic heterocycles. The van der Waals surface area contributed by atoms with Gasteiger partial charge in [0.05, 0.1) is 12.8 Å². The fraction of sp³-hybridized carbons (Fsp3) is 0.667. The third-order valence-electron chi connectivity index (χ3n) is 4.23. The van der Waals surface area contributed by atoms with E-state index in [0.717, 1.165) is 18.8 Å². The largest absolute Gasteiger partial charge is 0.481 e. The molecule has 1 N–H and O–H groups in total. The number of likely N-dealkylation sites (N-methyl/N-ethyl adjacent to an activating group) is 1. The van der Waals surface area contributed by atoms with Gasteiger partial charge in [0.1, 0.15) is 0 Å². The van der Waals surface area contributed by atoms with E-state index in [2.05, 4.69) is 29.3 Å². The predicted molar refractivity (Wildman–Crippen MR) is 77.4 cm³/mol. The Labute approximate surface area is 116 Å². The second-order valence-electron chi connectivity index (χ2n) is 5.60. The first-order valence-electron chi connectivity index (χ1n) is 7.04. The van der Waals surface area contributed by atoms with Crippen molar-refractivity contribution in [2.45, 2.75) is 37.8 Å². The van der Waals surface area contributed by atoms with E-state index in [1.54, 1.807) is 7.11 Å². The summed E-state index contributed by atoms with van der Waals surface area (Å²) in [5.74, 6) is 0.683. The van der Waals surface area contributed by atoms with Gasteiger partial charge in [-0.05, 0) is 33.0 Å². The van der Waals surface area contributed by atoms with E-state index in [9.17, 15) is 0 Å². The molecular weight excluding hydrogens is 238 g/mol. The summed E-state index contributed by atoms with van der Waals surface area (Å²) in [6.45, 7) is 1.83. The molecule has 1 aliphatic rings. The summed E-state index contributed by atoms with van der Waals surface area (Å²) in [6, 6.07) is 5.90. The smallest absolute Gasteiger partial charge is 0.213 e. The topological polar surface area (TPSA) is 37.4 Å². The Kier molecular flexibility index (Phi) is 4.77. The van der Waals surface area contributed by atoms with Crippen LogP contribution in [0, 0.1) is 0 Å². The number of rotatable bonds is 6. The molecule has 0 spiro atoms. The Balaban J connectivity index is 1.88. The standard InChI is InChI=1S/C15H25N3O/c1-18(2)15(9-4-5-10-15)12-16-11-13-7-6-8-14(17-13)19-3/h6-8,16H,4-5,9-12H2,1-3H3. The van der Waals surface area contributed by atoms with Crippen LogP contribution in [0.25, 0.3) is 0 Å². The molecule has 1 fully saturated rings. The Morgan fingerprint density at radius 2 is 2.05 bits per heavy atom. The SMILES string of the molecule is COc1cccc(CNCC2(N(C)C)CCCC2)n1. The second kappa shape index (κ2) is 6.35. The van der Waals surface area contributed by atoms with Crippen molar-refractivity contribution < 1.29 is 4.74 Å². The third kappa shape index (κ3) is 3.45. The van der Waals surface area contributed by atoms with Gasteiger partial charge in [0.25, 0.3) is 0 Å². The zero-order valence-electron chi connectivity index (χ0n) is 12.3. The van der Waals surface area contributed by atoms with Crippen LogP contribution in [0.1, 0.15) is 31.4 Å². The van der Waals surface area contributed by atoms with Crippen LogP contribution in [0.2, 0.25) is 0 Å². The van der Waals surface area contributed by atoms with Gasteiger partial charge >= 0.3 is 0 Å². The van der Waals surface area contributed by atoms with Crippen molar-refractivity contribution in [3.05, 3.63) is 23.9 Å². The number of methoxy groups -OCH3 is 1. The number of aromatic nitrogens is 1. The third-order valence-corrected chi connectivity index (χ3v) is 4.23. The summed E-state index contributed by atoms with van der Waals surface area (Å²) in [5.41, 5.74) is 1.37. The maximum atomic E-state index is 5.15. The molecule has 19 heavy (non-hydrogen) atoms. The molecule has 4 heteroatoms. The first-order valence-corrected chi connectivity index (χ1v) is 7.04. The number of pyridine rings is 1. The van der Waals surface area contributed by atoms with Gasteiger partial charge < -0.3 is 15.0 Å². The van der Waals surface area contributed by atoms with Crippen LogP contribution in [0.5, 0.6) is 5.88 Å². The van der Waals surface area contributed by atoms with E-state index in [1.807, 2.05) is 18.2 Å². The van der Waals surface area contributed by atoms with E-state index in [1.165, 1.54) is 25.7 Å². The predicted octanol–water partition coefficient (Wildman–Crippen LogP) is 2.05. The lowest BCUT2D eigenvalue weighted by molar-refractivity contribution is 0.153. The summed E-state index contributed by atoms with van der Waals surface area (Å²) in [5, 5.41) is 3.56. The Bertz CT molecular complexity index is 400. The summed E-state index contributed by atoms with van der Waals surface area (Å²) >= 11 is 0. The molecule has 0 aromatic carbocycles. The molecule has 0 amide bonds. The van der Waals surface area contributed by atoms with Gasteiger partial charge in [-0.1, -0.05) is 18.9 Å². The Morgan fingerprint density at radius 3 is 2.68 bits per heavy atom. The molecule has 0 atom stereocenters. The molecule has 1 aromatic heterocycles. The van der Waals surface area contributed by atoms with Crippen molar-refractivity contribution in [3.8, 4) is 5.88 Å². The zero-order chi connectivity index (χ0) is 13.7. The number of nitrogens with one attached hydrogen (secondary N) is 1. The Hall–Kier alpha value is -1.13. The van der Waals surface area contributed by atoms with E-state index in [0.29, 0.717) is 11.4 Å². The van der Waals surface area contributed by atoms with Crippen LogP contribution in [0.4, 0.5) is 0 Å². The normalized spacial score (nSPS) is 17.9. The Morgan fingerprint density at radius 1 is 1.32 bits per heavy atom. The highest BCUT2D eigenvalue weighted by Gasteiger charge is 2.35. The molecule has 4 nitrogen and oxygen atoms in total. The lowest BCUT2D eigenvalue weighted by atomic mass is 9.96. The lowest BCUT2D eigenvalue weighted by Crippen LogP contribution is -2.49. The van der Waals surface area contributed by atoms with Crippen molar-refractivity contribution in [1.29, 1.82) is 0 Å². The molecule has 2 rings (SSSR count). The van der Waals surface area contributed by atoms with Crippen molar-refractivity contribution in [2.24, 2.45) is 0 Å². The molecule has 1 aromatic rings. The summed E-state index contributed by atoms with van der Waals surface area (Å²) in [4.78, 5) is 6.81. The first kappa shape index (κ1) is 14.3. The molecule has 0 radical (unpaired) electrons. The maximum Gasteiger partial charge on any atom is 0.213 e. The lowest BCUT2D eigenvalue weighted by Gasteiger charge is -2.36. The highest BCUT2D eigenvalue weighted by atomic mass is 16.5. The van der Waals surface area contributed by atoms with Gasteiger partial charge in [-0.3, -0.25) is 0 Å². The molecule has 1 heterocycles. The average molecular weight is 263 g/mol. The van der Waals surface area contributed by atoms with Crippen LogP contribution in [0.3, 0.4) is 0 Å². The first-order chi connectivity index (χ1) is 9.16. The van der Waals surface area contributed by atoms with Crippen molar-refractivity contribution in [2.75, 3.05) is 27.7 Å². The molecule has 106 valence electrons. The minimum absolute atomic E-state index is 0.332. The van der Waals surface area contributed by atoms with Crippen molar-refractivity contribution in [3.63, 3.8) is 0 Å². The minimum Gasteiger partial charge on any atom is -0.481 e. The highest BCUT2D eigenvalue weighted by Crippen LogP contribution is 2.33. The van der Waals surface area contributed by atoms with Crippen LogP contribution in [-0.4, -0.2) is 43.2 Å². The molecule has 1 aliphatic carbocycles. The van der Waals surface area contributed by atoms with Gasteiger partial charge in [0, 0.05) is 24.7 Å². The van der Waals surface area contributed by atoms with E-state index in [4.69, 9.17) is 4.74 Å². The highest BCUT2D eigenvalue weighted by molar-refractivity contribution is 5.15. The maximum absolute atomic E-state index is 5.15. The van der Waals surface area contributed by atoms with E-state index >= 15 is 0 Å². The van der Waals surface area contributed by atoms with Crippen LogP contribution in [0.15, 0.2) is 18.2 Å². The molecule has 0 unspecified atom stereocenters. The van der Waals surface area contributed by atoms with Gasteiger partial charge in [0.2, 0.25) is 5.88 Å². The van der Waals surface area contributed by atoms with Crippen molar-refractivity contribution >= 4 is 0 Å². The minimum atomic E-state index is 0.332. The van der Waals surface area contributed by atoms with Gasteiger partial charge in [-0.15, -0.1) is 0 Å². The average Bonchev–Trinajstić information content (AvgIpc) is 2.89. The summed E-state index contributed by atoms with van der Waals surface area (Å²) in [6.07, 6.45) is 5.27. The molecular formula is C15H25N3O.